The lowest BCUT2D eigenvalue weighted by Gasteiger charge is -2.55. The van der Waals surface area contributed by atoms with Gasteiger partial charge in [-0.25, -0.2) is 4.79 Å². The molecule has 0 spiro atoms. The lowest BCUT2D eigenvalue weighted by Crippen LogP contribution is -2.60. The molecule has 1 N–H and O–H groups in total. The Bertz CT molecular complexity index is 489. The molecule has 3 saturated heterocycles. The average Bonchev–Trinajstić information content (AvgIpc) is 2.49. The average molecular weight is 286 g/mol. The first-order chi connectivity index (χ1) is 10.3. The molecule has 112 valence electrons. The number of rotatable bonds is 3. The fourth-order valence-corrected chi connectivity index (χ4v) is 4.48. The second-order valence-electron chi connectivity index (χ2n) is 6.79. The van der Waals surface area contributed by atoms with Crippen molar-refractivity contribution in [2.45, 2.75) is 32.0 Å². The van der Waals surface area contributed by atoms with Gasteiger partial charge in [0.2, 0.25) is 0 Å². The summed E-state index contributed by atoms with van der Waals surface area (Å²) < 4.78 is 5.72. The summed E-state index contributed by atoms with van der Waals surface area (Å²) in [6.07, 6.45) is 3.60. The van der Waals surface area contributed by atoms with Gasteiger partial charge in [-0.3, -0.25) is 4.90 Å². The van der Waals surface area contributed by atoms with Crippen molar-refractivity contribution in [3.05, 3.63) is 35.9 Å². The summed E-state index contributed by atoms with van der Waals surface area (Å²) >= 11 is 0. The molecule has 4 nitrogen and oxygen atoms in total. The van der Waals surface area contributed by atoms with Gasteiger partial charge in [0.15, 0.2) is 6.23 Å². The van der Waals surface area contributed by atoms with Crippen molar-refractivity contribution in [2.24, 2.45) is 17.8 Å². The number of amides is 1. The highest BCUT2D eigenvalue weighted by molar-refractivity contribution is 5.67. The Kier molecular flexibility index (Phi) is 3.34. The topological polar surface area (TPSA) is 41.6 Å². The number of carbonyl (C=O) groups is 1. The van der Waals surface area contributed by atoms with Gasteiger partial charge in [0, 0.05) is 25.6 Å². The third-order valence-electron chi connectivity index (χ3n) is 5.19. The number of carbonyl (C=O) groups excluding carboxylic acids is 1. The fourth-order valence-electron chi connectivity index (χ4n) is 4.48. The summed E-state index contributed by atoms with van der Waals surface area (Å²) in [7, 11) is 0. The first-order valence-corrected chi connectivity index (χ1v) is 8.00. The largest absolute Gasteiger partial charge is 0.430 e. The predicted octanol–water partition coefficient (Wildman–Crippen LogP) is 2.60. The minimum Gasteiger partial charge on any atom is -0.430 e. The zero-order chi connectivity index (χ0) is 14.2. The Morgan fingerprint density at radius 3 is 2.52 bits per heavy atom. The van der Waals surface area contributed by atoms with E-state index in [4.69, 9.17) is 4.74 Å². The van der Waals surface area contributed by atoms with Crippen LogP contribution < -0.4 is 5.32 Å². The van der Waals surface area contributed by atoms with Gasteiger partial charge in [-0.05, 0) is 36.7 Å². The molecule has 3 atom stereocenters. The Balaban J connectivity index is 1.33. The second-order valence-corrected chi connectivity index (χ2v) is 6.79. The molecule has 0 radical (unpaired) electrons. The van der Waals surface area contributed by atoms with Crippen molar-refractivity contribution in [2.75, 3.05) is 13.1 Å². The lowest BCUT2D eigenvalue weighted by atomic mass is 9.67. The van der Waals surface area contributed by atoms with Gasteiger partial charge in [0.05, 0.1) is 0 Å². The molecule has 21 heavy (non-hydrogen) atoms. The third-order valence-corrected chi connectivity index (χ3v) is 5.19. The number of alkyl carbamates (subject to hydrolysis) is 1. The maximum atomic E-state index is 12.0. The van der Waals surface area contributed by atoms with Crippen LogP contribution in [0.4, 0.5) is 4.79 Å². The number of nitrogens with zero attached hydrogens (tertiary/aromatic N) is 1. The van der Waals surface area contributed by atoms with Crippen LogP contribution in [0.1, 0.15) is 24.8 Å². The third kappa shape index (κ3) is 2.64. The summed E-state index contributed by atoms with van der Waals surface area (Å²) in [6.45, 7) is 2.76. The summed E-state index contributed by atoms with van der Waals surface area (Å²) in [4.78, 5) is 14.4. The van der Waals surface area contributed by atoms with E-state index in [0.29, 0.717) is 12.5 Å². The van der Waals surface area contributed by atoms with Crippen molar-refractivity contribution >= 4 is 6.09 Å². The fraction of sp³-hybridized carbons (Fsp3) is 0.588. The Morgan fingerprint density at radius 2 is 1.86 bits per heavy atom. The minimum absolute atomic E-state index is 0.00794. The maximum Gasteiger partial charge on any atom is 0.408 e. The highest BCUT2D eigenvalue weighted by Crippen LogP contribution is 2.46. The molecule has 4 heteroatoms. The van der Waals surface area contributed by atoms with Gasteiger partial charge in [0.25, 0.3) is 0 Å². The molecule has 4 fully saturated rings. The smallest absolute Gasteiger partial charge is 0.408 e. The Hall–Kier alpha value is -1.55. The van der Waals surface area contributed by atoms with Crippen molar-refractivity contribution in [3.63, 3.8) is 0 Å². The summed E-state index contributed by atoms with van der Waals surface area (Å²) in [5, 5.41) is 2.87. The van der Waals surface area contributed by atoms with Crippen molar-refractivity contribution in [1.82, 2.24) is 10.2 Å². The van der Waals surface area contributed by atoms with Crippen LogP contribution in [0.2, 0.25) is 0 Å². The molecule has 4 aliphatic rings. The molecule has 1 amide bonds. The second kappa shape index (κ2) is 5.34. The van der Waals surface area contributed by atoms with Gasteiger partial charge < -0.3 is 10.1 Å². The van der Waals surface area contributed by atoms with E-state index in [1.807, 2.05) is 30.3 Å². The standard InChI is InChI=1S/C17H22N2O2/c20-17(18-9-12-4-2-1-3-5-12)21-16-15-7-13-6-14(8-15)11-19(16)10-13/h1-5,13-16H,6-11H2,(H,18,20)/t13-,14-,16-/m1/s1. The molecule has 3 heterocycles. The van der Waals surface area contributed by atoms with E-state index in [1.54, 1.807) is 0 Å². The monoisotopic (exact) mass is 286 g/mol. The summed E-state index contributed by atoms with van der Waals surface area (Å²) in [6, 6.07) is 9.95. The van der Waals surface area contributed by atoms with Crippen molar-refractivity contribution in [1.29, 1.82) is 0 Å². The van der Waals surface area contributed by atoms with Crippen molar-refractivity contribution in [3.8, 4) is 0 Å². The Labute approximate surface area is 125 Å². The number of benzene rings is 1. The zero-order valence-corrected chi connectivity index (χ0v) is 12.2. The first-order valence-electron chi connectivity index (χ1n) is 8.00. The van der Waals surface area contributed by atoms with Crippen LogP contribution in [0.3, 0.4) is 0 Å². The minimum atomic E-state index is -0.281. The van der Waals surface area contributed by atoms with E-state index in [9.17, 15) is 4.79 Å². The number of nitrogens with one attached hydrogen (secondary N) is 1. The van der Waals surface area contributed by atoms with Crippen LogP contribution in [0.5, 0.6) is 0 Å². The molecule has 0 aromatic heterocycles. The number of hydrogen-bond donors (Lipinski definition) is 1. The molecule has 1 aromatic rings. The van der Waals surface area contributed by atoms with Crippen LogP contribution in [-0.2, 0) is 11.3 Å². The predicted molar refractivity (Wildman–Crippen MR) is 79.4 cm³/mol. The van der Waals surface area contributed by atoms with Gasteiger partial charge in [-0.15, -0.1) is 0 Å². The number of piperidine rings is 3. The van der Waals surface area contributed by atoms with E-state index in [-0.39, 0.29) is 12.3 Å². The molecule has 1 saturated carbocycles. The lowest BCUT2D eigenvalue weighted by molar-refractivity contribution is -0.156. The molecule has 1 aliphatic carbocycles. The molecular formula is C17H22N2O2. The van der Waals surface area contributed by atoms with Crippen LogP contribution >= 0.6 is 0 Å². The van der Waals surface area contributed by atoms with Crippen LogP contribution in [0.25, 0.3) is 0 Å². The Morgan fingerprint density at radius 1 is 1.14 bits per heavy atom. The molecule has 1 aromatic carbocycles. The van der Waals surface area contributed by atoms with Gasteiger partial charge in [0.1, 0.15) is 0 Å². The summed E-state index contributed by atoms with van der Waals surface area (Å²) in [5.74, 6) is 2.24. The SMILES string of the molecule is O=C(NCc1ccccc1)O[C@@H]1C2C[C@H]3C[C@H](C2)CN1C3. The van der Waals surface area contributed by atoms with Gasteiger partial charge in [-0.2, -0.15) is 0 Å². The maximum absolute atomic E-state index is 12.0. The van der Waals surface area contributed by atoms with Crippen LogP contribution in [-0.4, -0.2) is 30.3 Å². The zero-order valence-electron chi connectivity index (χ0n) is 12.2. The molecule has 4 bridgehead atoms. The molecule has 5 rings (SSSR count). The van der Waals surface area contributed by atoms with Crippen LogP contribution in [0, 0.1) is 17.8 Å². The van der Waals surface area contributed by atoms with E-state index < -0.39 is 0 Å². The van der Waals surface area contributed by atoms with E-state index in [1.165, 1.54) is 19.3 Å². The molecule has 0 unspecified atom stereocenters. The highest BCUT2D eigenvalue weighted by Gasteiger charge is 2.48. The number of ether oxygens (including phenoxy) is 1. The van der Waals surface area contributed by atoms with Gasteiger partial charge >= 0.3 is 6.09 Å². The summed E-state index contributed by atoms with van der Waals surface area (Å²) in [5.41, 5.74) is 1.10. The van der Waals surface area contributed by atoms with E-state index >= 15 is 0 Å². The van der Waals surface area contributed by atoms with E-state index in [0.717, 1.165) is 30.5 Å². The normalized spacial score (nSPS) is 36.5. The quantitative estimate of drug-likeness (QED) is 0.928. The number of hydrogen-bond acceptors (Lipinski definition) is 3. The van der Waals surface area contributed by atoms with Gasteiger partial charge in [-0.1, -0.05) is 30.3 Å². The first kappa shape index (κ1) is 13.1. The highest BCUT2D eigenvalue weighted by atomic mass is 16.6. The van der Waals surface area contributed by atoms with Crippen molar-refractivity contribution < 1.29 is 9.53 Å². The van der Waals surface area contributed by atoms with E-state index in [2.05, 4.69) is 10.2 Å². The molecular weight excluding hydrogens is 264 g/mol. The van der Waals surface area contributed by atoms with Crippen LogP contribution in [0.15, 0.2) is 30.3 Å². The molecule has 3 aliphatic heterocycles.